The number of amides is 1. The first-order chi connectivity index (χ1) is 7.11. The lowest BCUT2D eigenvalue weighted by atomic mass is 9.93. The minimum absolute atomic E-state index is 0.103. The highest BCUT2D eigenvalue weighted by Crippen LogP contribution is 2.26. The molecule has 1 atom stereocenters. The largest absolute Gasteiger partial charge is 0.351 e. The third-order valence-corrected chi connectivity index (χ3v) is 3.63. The Morgan fingerprint density at radius 2 is 2.07 bits per heavy atom. The van der Waals surface area contributed by atoms with E-state index < -0.39 is 0 Å². The Hall–Kier alpha value is -0.570. The van der Waals surface area contributed by atoms with Crippen LogP contribution in [0, 0.1) is 5.92 Å². The van der Waals surface area contributed by atoms with E-state index >= 15 is 0 Å². The van der Waals surface area contributed by atoms with E-state index in [4.69, 9.17) is 5.73 Å². The number of hydrogen-bond donors (Lipinski definition) is 2. The normalized spacial score (nSPS) is 21.3. The van der Waals surface area contributed by atoms with Gasteiger partial charge in [0, 0.05) is 11.5 Å². The summed E-state index contributed by atoms with van der Waals surface area (Å²) in [6.07, 6.45) is 6.35. The summed E-state index contributed by atoms with van der Waals surface area (Å²) in [4.78, 5) is 11.9. The first-order valence-electron chi connectivity index (χ1n) is 6.13. The fourth-order valence-electron chi connectivity index (χ4n) is 2.23. The molecule has 1 aliphatic carbocycles. The van der Waals surface area contributed by atoms with Crippen molar-refractivity contribution in [2.75, 3.05) is 6.54 Å². The molecule has 1 fully saturated rings. The van der Waals surface area contributed by atoms with Gasteiger partial charge >= 0.3 is 0 Å². The molecule has 3 nitrogen and oxygen atoms in total. The van der Waals surface area contributed by atoms with Crippen LogP contribution in [0.4, 0.5) is 0 Å². The fourth-order valence-corrected chi connectivity index (χ4v) is 2.23. The van der Waals surface area contributed by atoms with Crippen molar-refractivity contribution in [2.45, 2.75) is 57.9 Å². The molecular formula is C12H24N2O. The molecule has 3 heteroatoms. The van der Waals surface area contributed by atoms with E-state index in [0.29, 0.717) is 6.54 Å². The number of rotatable bonds is 5. The van der Waals surface area contributed by atoms with Crippen LogP contribution in [0.5, 0.6) is 0 Å². The van der Waals surface area contributed by atoms with Crippen molar-refractivity contribution < 1.29 is 4.79 Å². The molecule has 0 bridgehead atoms. The molecule has 0 heterocycles. The molecule has 1 saturated carbocycles. The number of nitrogens with two attached hydrogens (primary N) is 1. The standard InChI is InChI=1S/C12H24N2O/c1-3-12(2,8-9-13)14-11(15)10-6-4-5-7-10/h10H,3-9,13H2,1-2H3,(H,14,15). The summed E-state index contributed by atoms with van der Waals surface area (Å²) >= 11 is 0. The topological polar surface area (TPSA) is 55.1 Å². The first kappa shape index (κ1) is 12.5. The van der Waals surface area contributed by atoms with E-state index in [-0.39, 0.29) is 17.4 Å². The average molecular weight is 212 g/mol. The van der Waals surface area contributed by atoms with Crippen molar-refractivity contribution in [3.8, 4) is 0 Å². The number of hydrogen-bond acceptors (Lipinski definition) is 2. The van der Waals surface area contributed by atoms with E-state index in [2.05, 4.69) is 19.2 Å². The van der Waals surface area contributed by atoms with Crippen molar-refractivity contribution in [3.05, 3.63) is 0 Å². The first-order valence-corrected chi connectivity index (χ1v) is 6.13. The van der Waals surface area contributed by atoms with E-state index in [1.807, 2.05) is 0 Å². The SMILES string of the molecule is CCC(C)(CCN)NC(=O)C1CCCC1. The zero-order valence-electron chi connectivity index (χ0n) is 10.0. The smallest absolute Gasteiger partial charge is 0.223 e. The number of nitrogens with one attached hydrogen (secondary N) is 1. The molecule has 3 N–H and O–H groups in total. The van der Waals surface area contributed by atoms with E-state index in [9.17, 15) is 4.79 Å². The lowest BCUT2D eigenvalue weighted by molar-refractivity contribution is -0.126. The highest BCUT2D eigenvalue weighted by molar-refractivity contribution is 5.79. The summed E-state index contributed by atoms with van der Waals surface area (Å²) in [5, 5.41) is 3.17. The van der Waals surface area contributed by atoms with Crippen molar-refractivity contribution in [2.24, 2.45) is 11.7 Å². The summed E-state index contributed by atoms with van der Waals surface area (Å²) in [5.41, 5.74) is 5.47. The average Bonchev–Trinajstić information content (AvgIpc) is 2.71. The lowest BCUT2D eigenvalue weighted by Gasteiger charge is -2.30. The van der Waals surface area contributed by atoms with Gasteiger partial charge in [-0.1, -0.05) is 19.8 Å². The summed E-state index contributed by atoms with van der Waals surface area (Å²) in [5.74, 6) is 0.499. The van der Waals surface area contributed by atoms with Crippen LogP contribution in [0.2, 0.25) is 0 Å². The Kier molecular flexibility index (Phi) is 4.58. The number of carbonyl (C=O) groups excluding carboxylic acids is 1. The second-order valence-corrected chi connectivity index (χ2v) is 4.92. The third kappa shape index (κ3) is 3.49. The molecule has 1 amide bonds. The van der Waals surface area contributed by atoms with Gasteiger partial charge in [0.15, 0.2) is 0 Å². The van der Waals surface area contributed by atoms with Crippen LogP contribution < -0.4 is 11.1 Å². The van der Waals surface area contributed by atoms with Gasteiger partial charge in [-0.25, -0.2) is 0 Å². The molecule has 0 aromatic heterocycles. The van der Waals surface area contributed by atoms with Crippen LogP contribution >= 0.6 is 0 Å². The molecule has 0 spiro atoms. The van der Waals surface area contributed by atoms with Gasteiger partial charge in [0.2, 0.25) is 5.91 Å². The maximum atomic E-state index is 11.9. The van der Waals surface area contributed by atoms with Crippen LogP contribution in [-0.4, -0.2) is 18.0 Å². The fraction of sp³-hybridized carbons (Fsp3) is 0.917. The van der Waals surface area contributed by atoms with Gasteiger partial charge in [-0.2, -0.15) is 0 Å². The minimum atomic E-state index is -0.103. The van der Waals surface area contributed by atoms with Gasteiger partial charge < -0.3 is 11.1 Å². The van der Waals surface area contributed by atoms with Gasteiger partial charge in [0.05, 0.1) is 0 Å². The molecule has 1 aliphatic rings. The zero-order chi connectivity index (χ0) is 11.3. The van der Waals surface area contributed by atoms with Crippen molar-refractivity contribution in [1.82, 2.24) is 5.32 Å². The Labute approximate surface area is 92.8 Å². The zero-order valence-corrected chi connectivity index (χ0v) is 10.0. The quantitative estimate of drug-likeness (QED) is 0.730. The minimum Gasteiger partial charge on any atom is -0.351 e. The van der Waals surface area contributed by atoms with Crippen LogP contribution in [0.15, 0.2) is 0 Å². The molecule has 88 valence electrons. The van der Waals surface area contributed by atoms with Crippen LogP contribution in [0.3, 0.4) is 0 Å². The highest BCUT2D eigenvalue weighted by Gasteiger charge is 2.29. The second-order valence-electron chi connectivity index (χ2n) is 4.92. The molecule has 0 aromatic carbocycles. The maximum Gasteiger partial charge on any atom is 0.223 e. The van der Waals surface area contributed by atoms with Crippen molar-refractivity contribution >= 4 is 5.91 Å². The molecule has 1 rings (SSSR count). The number of carbonyl (C=O) groups is 1. The van der Waals surface area contributed by atoms with Gasteiger partial charge in [0.1, 0.15) is 0 Å². The van der Waals surface area contributed by atoms with Crippen molar-refractivity contribution in [3.63, 3.8) is 0 Å². The molecule has 0 saturated heterocycles. The Morgan fingerprint density at radius 3 is 2.53 bits per heavy atom. The monoisotopic (exact) mass is 212 g/mol. The highest BCUT2D eigenvalue weighted by atomic mass is 16.2. The molecule has 1 unspecified atom stereocenters. The molecular weight excluding hydrogens is 188 g/mol. The van der Waals surface area contributed by atoms with E-state index in [1.165, 1.54) is 12.8 Å². The van der Waals surface area contributed by atoms with Crippen LogP contribution in [0.25, 0.3) is 0 Å². The Balaban J connectivity index is 2.46. The third-order valence-electron chi connectivity index (χ3n) is 3.63. The summed E-state index contributed by atoms with van der Waals surface area (Å²) in [6, 6.07) is 0. The van der Waals surface area contributed by atoms with E-state index in [0.717, 1.165) is 25.7 Å². The van der Waals surface area contributed by atoms with Crippen molar-refractivity contribution in [1.29, 1.82) is 0 Å². The Morgan fingerprint density at radius 1 is 1.47 bits per heavy atom. The molecule has 15 heavy (non-hydrogen) atoms. The van der Waals surface area contributed by atoms with Gasteiger partial charge in [-0.3, -0.25) is 4.79 Å². The van der Waals surface area contributed by atoms with Crippen LogP contribution in [0.1, 0.15) is 52.4 Å². The molecule has 0 aliphatic heterocycles. The van der Waals surface area contributed by atoms with Crippen LogP contribution in [-0.2, 0) is 4.79 Å². The summed E-state index contributed by atoms with van der Waals surface area (Å²) in [7, 11) is 0. The summed E-state index contributed by atoms with van der Waals surface area (Å²) < 4.78 is 0. The second kappa shape index (κ2) is 5.50. The predicted molar refractivity (Wildman–Crippen MR) is 62.5 cm³/mol. The van der Waals surface area contributed by atoms with E-state index in [1.54, 1.807) is 0 Å². The molecule has 0 aromatic rings. The van der Waals surface area contributed by atoms with Gasteiger partial charge in [-0.05, 0) is 39.2 Å². The maximum absolute atomic E-state index is 11.9. The Bertz CT molecular complexity index is 212. The lowest BCUT2D eigenvalue weighted by Crippen LogP contribution is -2.48. The van der Waals surface area contributed by atoms with Gasteiger partial charge in [-0.15, -0.1) is 0 Å². The summed E-state index contributed by atoms with van der Waals surface area (Å²) in [6.45, 7) is 4.83. The van der Waals surface area contributed by atoms with Gasteiger partial charge in [0.25, 0.3) is 0 Å². The molecule has 0 radical (unpaired) electrons. The predicted octanol–water partition coefficient (Wildman–Crippen LogP) is 1.81.